The molecule has 2 N–H and O–H groups in total. The lowest BCUT2D eigenvalue weighted by Gasteiger charge is -2.37. The van der Waals surface area contributed by atoms with Gasteiger partial charge in [0.05, 0.1) is 29.1 Å². The van der Waals surface area contributed by atoms with Crippen LogP contribution in [-0.2, 0) is 25.2 Å². The zero-order valence-electron chi connectivity index (χ0n) is 22.0. The van der Waals surface area contributed by atoms with Gasteiger partial charge in [0.2, 0.25) is 10.0 Å². The summed E-state index contributed by atoms with van der Waals surface area (Å²) in [7, 11) is -3.82. The SMILES string of the molecule is CCCCCCOc1ccc(C2(C)CC(c3ccn(C4CC4)n3)=C(C(=O)NS(=O)(=O)C3CC3)C(=O)N2)cc1. The molecule has 3 aliphatic rings. The van der Waals surface area contributed by atoms with Gasteiger partial charge in [0, 0.05) is 18.2 Å². The second-order valence-electron chi connectivity index (χ2n) is 10.8. The lowest BCUT2D eigenvalue weighted by atomic mass is 9.79. The largest absolute Gasteiger partial charge is 0.494 e. The predicted molar refractivity (Wildman–Crippen MR) is 144 cm³/mol. The van der Waals surface area contributed by atoms with Crippen LogP contribution < -0.4 is 14.8 Å². The van der Waals surface area contributed by atoms with Crippen LogP contribution in [0.4, 0.5) is 0 Å². The molecule has 10 heteroatoms. The van der Waals surface area contributed by atoms with E-state index >= 15 is 0 Å². The van der Waals surface area contributed by atoms with Gasteiger partial charge in [0.15, 0.2) is 0 Å². The molecule has 2 heterocycles. The summed E-state index contributed by atoms with van der Waals surface area (Å²) in [5, 5.41) is 7.06. The average Bonchev–Trinajstić information content (AvgIpc) is 3.81. The van der Waals surface area contributed by atoms with Crippen LogP contribution in [0.3, 0.4) is 0 Å². The molecule has 2 amide bonds. The molecule has 9 nitrogen and oxygen atoms in total. The number of ether oxygens (including phenoxy) is 1. The Morgan fingerprint density at radius 3 is 2.53 bits per heavy atom. The van der Waals surface area contributed by atoms with E-state index < -0.39 is 32.6 Å². The summed E-state index contributed by atoms with van der Waals surface area (Å²) in [6, 6.07) is 9.75. The number of aromatic nitrogens is 2. The highest BCUT2D eigenvalue weighted by molar-refractivity contribution is 7.91. The zero-order chi connectivity index (χ0) is 26.9. The van der Waals surface area contributed by atoms with E-state index in [9.17, 15) is 18.0 Å². The zero-order valence-corrected chi connectivity index (χ0v) is 22.9. The lowest BCUT2D eigenvalue weighted by molar-refractivity contribution is -0.124. The van der Waals surface area contributed by atoms with Crippen LogP contribution in [0, 0.1) is 0 Å². The van der Waals surface area contributed by atoms with E-state index in [4.69, 9.17) is 4.74 Å². The number of sulfonamides is 1. The summed E-state index contributed by atoms with van der Waals surface area (Å²) in [4.78, 5) is 26.6. The number of carbonyl (C=O) groups excluding carboxylic acids is 2. The minimum atomic E-state index is -3.82. The van der Waals surface area contributed by atoms with E-state index in [0.29, 0.717) is 36.8 Å². The molecule has 2 saturated carbocycles. The van der Waals surface area contributed by atoms with Crippen LogP contribution in [0.15, 0.2) is 42.1 Å². The highest BCUT2D eigenvalue weighted by atomic mass is 32.2. The number of carbonyl (C=O) groups is 2. The topological polar surface area (TPSA) is 119 Å². The molecule has 0 saturated heterocycles. The van der Waals surface area contributed by atoms with Crippen molar-refractivity contribution in [2.24, 2.45) is 0 Å². The fourth-order valence-corrected chi connectivity index (χ4v) is 6.17. The van der Waals surface area contributed by atoms with Gasteiger partial charge in [-0.15, -0.1) is 0 Å². The first-order chi connectivity index (χ1) is 18.2. The van der Waals surface area contributed by atoms with Gasteiger partial charge in [-0.3, -0.25) is 14.3 Å². The Hall–Kier alpha value is -3.14. The first-order valence-electron chi connectivity index (χ1n) is 13.6. The smallest absolute Gasteiger partial charge is 0.270 e. The molecule has 1 aromatic carbocycles. The summed E-state index contributed by atoms with van der Waals surface area (Å²) in [6.07, 6.45) is 9.77. The van der Waals surface area contributed by atoms with Crippen LogP contribution >= 0.6 is 0 Å². The van der Waals surface area contributed by atoms with E-state index in [1.165, 1.54) is 12.8 Å². The Labute approximate surface area is 224 Å². The predicted octanol–water partition coefficient (Wildman–Crippen LogP) is 3.97. The fraction of sp³-hybridized carbons (Fsp3) is 0.536. The standard InChI is InChI=1S/C28H36N4O5S/c1-3-4-5-6-17-37-21-11-7-19(8-12-21)28(2)18-23(24-15-16-32(30-24)20-9-10-20)25(26(33)29-28)27(34)31-38(35,36)22-13-14-22/h7-8,11-12,15-16,20,22H,3-6,9-10,13-14,17-18H2,1-2H3,(H,29,33)(H,31,34). The number of nitrogens with one attached hydrogen (secondary N) is 2. The van der Waals surface area contributed by atoms with Gasteiger partial charge in [0.25, 0.3) is 11.8 Å². The van der Waals surface area contributed by atoms with Crippen molar-refractivity contribution < 1.29 is 22.7 Å². The monoisotopic (exact) mass is 540 g/mol. The van der Waals surface area contributed by atoms with Gasteiger partial charge in [-0.2, -0.15) is 5.10 Å². The van der Waals surface area contributed by atoms with Crippen LogP contribution in [0.1, 0.15) is 88.9 Å². The lowest BCUT2D eigenvalue weighted by Crippen LogP contribution is -2.51. The third-order valence-corrected chi connectivity index (χ3v) is 9.29. The van der Waals surface area contributed by atoms with E-state index in [-0.39, 0.29) is 12.0 Å². The highest BCUT2D eigenvalue weighted by Gasteiger charge is 2.43. The first kappa shape index (κ1) is 26.5. The summed E-state index contributed by atoms with van der Waals surface area (Å²) in [5.74, 6) is -0.756. The van der Waals surface area contributed by atoms with Crippen molar-refractivity contribution in [3.8, 4) is 5.75 Å². The average molecular weight is 541 g/mol. The van der Waals surface area contributed by atoms with Crippen molar-refractivity contribution in [1.29, 1.82) is 0 Å². The summed E-state index contributed by atoms with van der Waals surface area (Å²) in [6.45, 7) is 4.74. The second-order valence-corrected chi connectivity index (χ2v) is 12.8. The van der Waals surface area contributed by atoms with Gasteiger partial charge in [-0.1, -0.05) is 38.3 Å². The first-order valence-corrected chi connectivity index (χ1v) is 15.2. The Morgan fingerprint density at radius 1 is 1.13 bits per heavy atom. The third-order valence-electron chi connectivity index (χ3n) is 7.47. The number of amides is 2. The molecule has 0 bridgehead atoms. The van der Waals surface area contributed by atoms with Gasteiger partial charge < -0.3 is 10.1 Å². The van der Waals surface area contributed by atoms with Crippen LogP contribution in [0.25, 0.3) is 5.57 Å². The number of rotatable bonds is 12. The molecule has 38 heavy (non-hydrogen) atoms. The fourth-order valence-electron chi connectivity index (χ4n) is 4.89. The van der Waals surface area contributed by atoms with Gasteiger partial charge in [-0.05, 0) is 62.8 Å². The number of benzene rings is 1. The molecular weight excluding hydrogens is 504 g/mol. The Balaban J connectivity index is 1.41. The minimum Gasteiger partial charge on any atom is -0.494 e. The van der Waals surface area contributed by atoms with Crippen molar-refractivity contribution >= 4 is 27.4 Å². The Morgan fingerprint density at radius 2 is 1.87 bits per heavy atom. The van der Waals surface area contributed by atoms with Crippen LogP contribution in [0.2, 0.25) is 0 Å². The quantitative estimate of drug-likeness (QED) is 0.311. The number of hydrogen-bond donors (Lipinski definition) is 2. The number of unbranched alkanes of at least 4 members (excludes halogenated alkanes) is 3. The van der Waals surface area contributed by atoms with E-state index in [0.717, 1.165) is 37.0 Å². The summed E-state index contributed by atoms with van der Waals surface area (Å²) in [5.41, 5.74) is 0.789. The van der Waals surface area contributed by atoms with E-state index in [1.54, 1.807) is 6.07 Å². The summed E-state index contributed by atoms with van der Waals surface area (Å²) < 4.78 is 34.8. The molecule has 5 rings (SSSR count). The molecular formula is C28H36N4O5S. The number of nitrogens with zero attached hydrogens (tertiary/aromatic N) is 2. The maximum Gasteiger partial charge on any atom is 0.270 e. The molecule has 1 aromatic heterocycles. The molecule has 2 aliphatic carbocycles. The molecule has 204 valence electrons. The highest BCUT2D eigenvalue weighted by Crippen LogP contribution is 2.40. The van der Waals surface area contributed by atoms with Crippen molar-refractivity contribution in [3.63, 3.8) is 0 Å². The third kappa shape index (κ3) is 5.80. The molecule has 1 aliphatic heterocycles. The second kappa shape index (κ2) is 10.6. The van der Waals surface area contributed by atoms with E-state index in [2.05, 4.69) is 22.1 Å². The van der Waals surface area contributed by atoms with Gasteiger partial charge >= 0.3 is 0 Å². The maximum atomic E-state index is 13.4. The normalized spacial score (nSPS) is 21.8. The molecule has 0 spiro atoms. The summed E-state index contributed by atoms with van der Waals surface area (Å²) >= 11 is 0. The molecule has 1 atom stereocenters. The molecule has 0 radical (unpaired) electrons. The minimum absolute atomic E-state index is 0.195. The van der Waals surface area contributed by atoms with Crippen LogP contribution in [-0.4, -0.2) is 41.9 Å². The van der Waals surface area contributed by atoms with Crippen molar-refractivity contribution in [2.75, 3.05) is 6.61 Å². The van der Waals surface area contributed by atoms with Crippen LogP contribution in [0.5, 0.6) is 5.75 Å². The Bertz CT molecular complexity index is 1340. The van der Waals surface area contributed by atoms with Crippen molar-refractivity contribution in [3.05, 3.63) is 53.4 Å². The molecule has 2 aromatic rings. The Kier molecular flexibility index (Phi) is 7.35. The molecule has 1 unspecified atom stereocenters. The van der Waals surface area contributed by atoms with Gasteiger partial charge in [0.1, 0.15) is 11.3 Å². The van der Waals surface area contributed by atoms with Crippen molar-refractivity contribution in [2.45, 2.75) is 88.5 Å². The van der Waals surface area contributed by atoms with E-state index in [1.807, 2.05) is 42.1 Å². The molecule has 2 fully saturated rings. The number of hydrogen-bond acceptors (Lipinski definition) is 6. The van der Waals surface area contributed by atoms with Gasteiger partial charge in [-0.25, -0.2) is 13.1 Å². The van der Waals surface area contributed by atoms with Crippen molar-refractivity contribution in [1.82, 2.24) is 19.8 Å². The maximum absolute atomic E-state index is 13.4.